The molecule has 0 aliphatic heterocycles. The molecular formula is C17H18ClN3O2. The standard InChI is InChI=1S/C17H18ClN3O2/c1-2-19-17(23)21-16(22)15(12-6-4-3-5-7-12)20-14-10-8-13(18)9-11-14/h3-11,15,20H,2H2,1H3,(H2,19,21,22,23)/t15-/m0/s1. The number of carbonyl (C=O) groups is 2. The first kappa shape index (κ1) is 16.8. The van der Waals surface area contributed by atoms with Crippen molar-refractivity contribution < 1.29 is 9.59 Å². The highest BCUT2D eigenvalue weighted by Crippen LogP contribution is 2.21. The quantitative estimate of drug-likeness (QED) is 0.787. The van der Waals surface area contributed by atoms with E-state index in [1.165, 1.54) is 0 Å². The third-order valence-corrected chi connectivity index (χ3v) is 3.38. The van der Waals surface area contributed by atoms with Crippen molar-refractivity contribution in [1.29, 1.82) is 0 Å². The molecule has 2 rings (SSSR count). The predicted molar refractivity (Wildman–Crippen MR) is 91.5 cm³/mol. The van der Waals surface area contributed by atoms with Crippen LogP contribution in [-0.4, -0.2) is 18.5 Å². The number of halogens is 1. The molecule has 2 aromatic rings. The molecule has 0 aliphatic rings. The Kier molecular flexibility index (Phi) is 6.00. The maximum atomic E-state index is 12.4. The van der Waals surface area contributed by atoms with Crippen molar-refractivity contribution in [3.8, 4) is 0 Å². The molecule has 0 bridgehead atoms. The van der Waals surface area contributed by atoms with Gasteiger partial charge in [0.1, 0.15) is 6.04 Å². The lowest BCUT2D eigenvalue weighted by Crippen LogP contribution is -2.43. The number of carbonyl (C=O) groups excluding carboxylic acids is 2. The zero-order chi connectivity index (χ0) is 16.7. The molecule has 1 atom stereocenters. The number of hydrogen-bond acceptors (Lipinski definition) is 3. The fourth-order valence-electron chi connectivity index (χ4n) is 2.05. The van der Waals surface area contributed by atoms with Crippen LogP contribution in [0.5, 0.6) is 0 Å². The van der Waals surface area contributed by atoms with Crippen LogP contribution >= 0.6 is 11.6 Å². The maximum Gasteiger partial charge on any atom is 0.321 e. The van der Waals surface area contributed by atoms with Crippen molar-refractivity contribution in [1.82, 2.24) is 10.6 Å². The van der Waals surface area contributed by atoms with Crippen LogP contribution in [0.25, 0.3) is 0 Å². The Bertz CT molecular complexity index is 659. The van der Waals surface area contributed by atoms with E-state index >= 15 is 0 Å². The lowest BCUT2D eigenvalue weighted by molar-refractivity contribution is -0.120. The van der Waals surface area contributed by atoms with Crippen LogP contribution in [0, 0.1) is 0 Å². The molecule has 0 radical (unpaired) electrons. The molecule has 5 nitrogen and oxygen atoms in total. The Labute approximate surface area is 140 Å². The van der Waals surface area contributed by atoms with E-state index in [1.807, 2.05) is 30.3 Å². The van der Waals surface area contributed by atoms with Crippen LogP contribution in [0.15, 0.2) is 54.6 Å². The second kappa shape index (κ2) is 8.19. The summed E-state index contributed by atoms with van der Waals surface area (Å²) in [6.07, 6.45) is 0. The van der Waals surface area contributed by atoms with E-state index in [-0.39, 0.29) is 0 Å². The van der Waals surface area contributed by atoms with E-state index in [0.29, 0.717) is 11.6 Å². The molecule has 3 N–H and O–H groups in total. The van der Waals surface area contributed by atoms with Crippen molar-refractivity contribution in [3.63, 3.8) is 0 Å². The Morgan fingerprint density at radius 3 is 2.30 bits per heavy atom. The van der Waals surface area contributed by atoms with E-state index < -0.39 is 18.0 Å². The summed E-state index contributed by atoms with van der Waals surface area (Å²) in [5.74, 6) is -0.433. The Balaban J connectivity index is 2.20. The second-order valence-corrected chi connectivity index (χ2v) is 5.28. The number of hydrogen-bond donors (Lipinski definition) is 3. The van der Waals surface area contributed by atoms with Gasteiger partial charge in [0.05, 0.1) is 0 Å². The van der Waals surface area contributed by atoms with Gasteiger partial charge >= 0.3 is 6.03 Å². The van der Waals surface area contributed by atoms with Crippen LogP contribution in [-0.2, 0) is 4.79 Å². The van der Waals surface area contributed by atoms with Gasteiger partial charge in [-0.25, -0.2) is 4.79 Å². The molecule has 0 aliphatic carbocycles. The number of nitrogens with one attached hydrogen (secondary N) is 3. The monoisotopic (exact) mass is 331 g/mol. The number of urea groups is 1. The topological polar surface area (TPSA) is 70.2 Å². The fraction of sp³-hybridized carbons (Fsp3) is 0.176. The van der Waals surface area contributed by atoms with Crippen LogP contribution in [0.3, 0.4) is 0 Å². The van der Waals surface area contributed by atoms with Gasteiger partial charge in [-0.2, -0.15) is 0 Å². The molecule has 0 saturated carbocycles. The average Bonchev–Trinajstić information content (AvgIpc) is 2.55. The first-order chi connectivity index (χ1) is 11.1. The van der Waals surface area contributed by atoms with Crippen molar-refractivity contribution in [2.75, 3.05) is 11.9 Å². The van der Waals surface area contributed by atoms with Gasteiger partial charge in [-0.3, -0.25) is 10.1 Å². The Morgan fingerprint density at radius 1 is 1.04 bits per heavy atom. The van der Waals surface area contributed by atoms with Gasteiger partial charge in [-0.05, 0) is 36.8 Å². The molecular weight excluding hydrogens is 314 g/mol. The fourth-order valence-corrected chi connectivity index (χ4v) is 2.17. The summed E-state index contributed by atoms with van der Waals surface area (Å²) in [6, 6.07) is 15.0. The molecule has 0 saturated heterocycles. The van der Waals surface area contributed by atoms with Gasteiger partial charge in [0.15, 0.2) is 0 Å². The minimum Gasteiger partial charge on any atom is -0.370 e. The number of imide groups is 1. The molecule has 0 aromatic heterocycles. The molecule has 23 heavy (non-hydrogen) atoms. The van der Waals surface area contributed by atoms with Crippen molar-refractivity contribution in [2.24, 2.45) is 0 Å². The van der Waals surface area contributed by atoms with Crippen LogP contribution < -0.4 is 16.0 Å². The zero-order valence-corrected chi connectivity index (χ0v) is 13.4. The highest BCUT2D eigenvalue weighted by Gasteiger charge is 2.22. The molecule has 0 unspecified atom stereocenters. The first-order valence-corrected chi connectivity index (χ1v) is 7.63. The second-order valence-electron chi connectivity index (χ2n) is 4.84. The van der Waals surface area contributed by atoms with E-state index in [2.05, 4.69) is 16.0 Å². The predicted octanol–water partition coefficient (Wildman–Crippen LogP) is 3.34. The molecule has 120 valence electrons. The van der Waals surface area contributed by atoms with Crippen LogP contribution in [0.4, 0.5) is 10.5 Å². The summed E-state index contributed by atoms with van der Waals surface area (Å²) >= 11 is 5.87. The third kappa shape index (κ3) is 5.00. The van der Waals surface area contributed by atoms with Crippen LogP contribution in [0.1, 0.15) is 18.5 Å². The van der Waals surface area contributed by atoms with Gasteiger partial charge in [0.2, 0.25) is 0 Å². The molecule has 0 heterocycles. The largest absolute Gasteiger partial charge is 0.370 e. The number of amides is 3. The lowest BCUT2D eigenvalue weighted by atomic mass is 10.1. The summed E-state index contributed by atoms with van der Waals surface area (Å²) in [4.78, 5) is 24.0. The average molecular weight is 332 g/mol. The Morgan fingerprint density at radius 2 is 1.70 bits per heavy atom. The van der Waals surface area contributed by atoms with Gasteiger partial charge in [0.25, 0.3) is 5.91 Å². The minimum atomic E-state index is -0.694. The van der Waals surface area contributed by atoms with Crippen molar-refractivity contribution >= 4 is 29.2 Å². The number of benzene rings is 2. The van der Waals surface area contributed by atoms with Gasteiger partial charge < -0.3 is 10.6 Å². The van der Waals surface area contributed by atoms with Crippen molar-refractivity contribution in [2.45, 2.75) is 13.0 Å². The Hall–Kier alpha value is -2.53. The molecule has 6 heteroatoms. The van der Waals surface area contributed by atoms with Gasteiger partial charge in [-0.15, -0.1) is 0 Å². The molecule has 0 spiro atoms. The van der Waals surface area contributed by atoms with E-state index in [9.17, 15) is 9.59 Å². The highest BCUT2D eigenvalue weighted by atomic mass is 35.5. The summed E-state index contributed by atoms with van der Waals surface area (Å²) in [5.41, 5.74) is 1.48. The SMILES string of the molecule is CCNC(=O)NC(=O)[C@@H](Nc1ccc(Cl)cc1)c1ccccc1. The molecule has 2 aromatic carbocycles. The summed E-state index contributed by atoms with van der Waals surface area (Å²) in [7, 11) is 0. The summed E-state index contributed by atoms with van der Waals surface area (Å²) < 4.78 is 0. The van der Waals surface area contributed by atoms with E-state index in [1.54, 1.807) is 31.2 Å². The van der Waals surface area contributed by atoms with E-state index in [4.69, 9.17) is 11.6 Å². The normalized spacial score (nSPS) is 11.4. The van der Waals surface area contributed by atoms with E-state index in [0.717, 1.165) is 11.3 Å². The minimum absolute atomic E-state index is 0.433. The molecule has 0 fully saturated rings. The van der Waals surface area contributed by atoms with Gasteiger partial charge in [-0.1, -0.05) is 41.9 Å². The van der Waals surface area contributed by atoms with Crippen molar-refractivity contribution in [3.05, 3.63) is 65.2 Å². The van der Waals surface area contributed by atoms with Crippen LogP contribution in [0.2, 0.25) is 5.02 Å². The summed E-state index contributed by atoms with van der Waals surface area (Å²) in [6.45, 7) is 2.23. The first-order valence-electron chi connectivity index (χ1n) is 7.26. The highest BCUT2D eigenvalue weighted by molar-refractivity contribution is 6.30. The summed E-state index contributed by atoms with van der Waals surface area (Å²) in [5, 5.41) is 8.60. The molecule has 3 amide bonds. The number of anilines is 1. The maximum absolute atomic E-state index is 12.4. The van der Waals surface area contributed by atoms with Gasteiger partial charge in [0, 0.05) is 17.3 Å². The number of rotatable bonds is 5. The smallest absolute Gasteiger partial charge is 0.321 e. The lowest BCUT2D eigenvalue weighted by Gasteiger charge is -2.19. The zero-order valence-electron chi connectivity index (χ0n) is 12.7. The third-order valence-electron chi connectivity index (χ3n) is 3.12.